The van der Waals surface area contributed by atoms with Crippen molar-refractivity contribution < 1.29 is 4.39 Å². The predicted molar refractivity (Wildman–Crippen MR) is 90.1 cm³/mol. The van der Waals surface area contributed by atoms with Crippen LogP contribution in [0.25, 0.3) is 0 Å². The molecule has 1 atom stereocenters. The fraction of sp³-hybridized carbons (Fsp3) is 0.588. The lowest BCUT2D eigenvalue weighted by molar-refractivity contribution is 0.118. The van der Waals surface area contributed by atoms with E-state index in [-0.39, 0.29) is 17.4 Å². The van der Waals surface area contributed by atoms with Crippen LogP contribution in [0.4, 0.5) is 4.39 Å². The van der Waals surface area contributed by atoms with Crippen LogP contribution >= 0.6 is 0 Å². The van der Waals surface area contributed by atoms with E-state index < -0.39 is 0 Å². The third-order valence-electron chi connectivity index (χ3n) is 4.46. The average Bonchev–Trinajstić information content (AvgIpc) is 3.01. The lowest BCUT2D eigenvalue weighted by atomic mass is 10.0. The highest BCUT2D eigenvalue weighted by Crippen LogP contribution is 2.30. The summed E-state index contributed by atoms with van der Waals surface area (Å²) in [5.41, 5.74) is 0.796. The molecule has 1 aromatic carbocycles. The number of hydrogen-bond acceptors (Lipinski definition) is 5. The Morgan fingerprint density at radius 1 is 1.04 bits per heavy atom. The summed E-state index contributed by atoms with van der Waals surface area (Å²) in [7, 11) is 2.13. The van der Waals surface area contributed by atoms with Crippen LogP contribution in [-0.2, 0) is 5.54 Å². The molecule has 0 spiro atoms. The standard InChI is InChI=1S/C17H25FN6/c1-17(2,3)24-16(19-20-21-24)15(13-5-7-14(18)8-6-13)23-11-9-22(4)10-12-23/h5-8,15H,9-12H2,1-4H3/t15-/m1/s1. The van der Waals surface area contributed by atoms with E-state index in [1.54, 1.807) is 0 Å². The summed E-state index contributed by atoms with van der Waals surface area (Å²) in [6.45, 7) is 10.1. The third kappa shape index (κ3) is 3.47. The van der Waals surface area contributed by atoms with Gasteiger partial charge in [-0.1, -0.05) is 12.1 Å². The molecule has 1 fully saturated rings. The zero-order valence-corrected chi connectivity index (χ0v) is 14.8. The van der Waals surface area contributed by atoms with Crippen molar-refractivity contribution in [2.45, 2.75) is 32.4 Å². The number of likely N-dealkylation sites (N-methyl/N-ethyl adjacent to an activating group) is 1. The second-order valence-electron chi connectivity index (χ2n) is 7.41. The molecule has 1 aliphatic rings. The number of rotatable bonds is 3. The molecule has 0 amide bonds. The Kier molecular flexibility index (Phi) is 4.64. The SMILES string of the molecule is CN1CCN([C@H](c2ccc(F)cc2)c2nnnn2C(C)(C)C)CC1. The van der Waals surface area contributed by atoms with Gasteiger partial charge in [0.05, 0.1) is 11.6 Å². The molecule has 7 heteroatoms. The highest BCUT2D eigenvalue weighted by Gasteiger charge is 2.32. The van der Waals surface area contributed by atoms with Crippen molar-refractivity contribution in [1.29, 1.82) is 0 Å². The summed E-state index contributed by atoms with van der Waals surface area (Å²) >= 11 is 0. The predicted octanol–water partition coefficient (Wildman–Crippen LogP) is 1.90. The number of hydrogen-bond donors (Lipinski definition) is 0. The second kappa shape index (κ2) is 6.57. The molecule has 1 saturated heterocycles. The minimum atomic E-state index is -0.230. The van der Waals surface area contributed by atoms with Gasteiger partial charge in [0.2, 0.25) is 0 Å². The summed E-state index contributed by atoms with van der Waals surface area (Å²) in [5.74, 6) is 0.574. The molecular formula is C17H25FN6. The third-order valence-corrected chi connectivity index (χ3v) is 4.46. The van der Waals surface area contributed by atoms with Crippen LogP contribution in [0, 0.1) is 5.82 Å². The Morgan fingerprint density at radius 3 is 2.25 bits per heavy atom. The van der Waals surface area contributed by atoms with Gasteiger partial charge in [0.1, 0.15) is 5.82 Å². The average molecular weight is 332 g/mol. The maximum Gasteiger partial charge on any atom is 0.173 e. The van der Waals surface area contributed by atoms with Crippen molar-refractivity contribution in [3.8, 4) is 0 Å². The number of halogens is 1. The number of piperazine rings is 1. The summed E-state index contributed by atoms with van der Waals surface area (Å²) in [4.78, 5) is 4.69. The Bertz CT molecular complexity index is 667. The van der Waals surface area contributed by atoms with E-state index in [1.807, 2.05) is 16.8 Å². The van der Waals surface area contributed by atoms with Crippen molar-refractivity contribution >= 4 is 0 Å². The highest BCUT2D eigenvalue weighted by atomic mass is 19.1. The van der Waals surface area contributed by atoms with E-state index in [0.717, 1.165) is 37.6 Å². The Hall–Kier alpha value is -1.86. The molecule has 1 aliphatic heterocycles. The first-order chi connectivity index (χ1) is 11.4. The molecular weight excluding hydrogens is 307 g/mol. The molecule has 0 saturated carbocycles. The normalized spacial score (nSPS) is 18.7. The minimum absolute atomic E-state index is 0.0754. The number of benzene rings is 1. The first-order valence-electron chi connectivity index (χ1n) is 8.33. The van der Waals surface area contributed by atoms with Gasteiger partial charge in [0.15, 0.2) is 5.82 Å². The summed E-state index contributed by atoms with van der Waals surface area (Å²) in [6.07, 6.45) is 0. The van der Waals surface area contributed by atoms with Crippen LogP contribution in [-0.4, -0.2) is 63.2 Å². The van der Waals surface area contributed by atoms with Gasteiger partial charge in [0.25, 0.3) is 0 Å². The van der Waals surface area contributed by atoms with Crippen LogP contribution in [0.1, 0.15) is 38.2 Å². The topological polar surface area (TPSA) is 50.1 Å². The summed E-state index contributed by atoms with van der Waals surface area (Å²) in [6, 6.07) is 6.60. The van der Waals surface area contributed by atoms with E-state index in [0.29, 0.717) is 0 Å². The molecule has 0 N–H and O–H groups in total. The highest BCUT2D eigenvalue weighted by molar-refractivity contribution is 5.26. The van der Waals surface area contributed by atoms with Crippen LogP contribution in [0.3, 0.4) is 0 Å². The lowest BCUT2D eigenvalue weighted by Gasteiger charge is -2.38. The number of aromatic nitrogens is 4. The van der Waals surface area contributed by atoms with Gasteiger partial charge >= 0.3 is 0 Å². The lowest BCUT2D eigenvalue weighted by Crippen LogP contribution is -2.47. The monoisotopic (exact) mass is 332 g/mol. The fourth-order valence-electron chi connectivity index (χ4n) is 3.09. The maximum absolute atomic E-state index is 13.4. The van der Waals surface area contributed by atoms with Gasteiger partial charge in [-0.2, -0.15) is 0 Å². The molecule has 2 aromatic rings. The molecule has 1 aromatic heterocycles. The van der Waals surface area contributed by atoms with Gasteiger partial charge in [-0.15, -0.1) is 5.10 Å². The maximum atomic E-state index is 13.4. The molecule has 0 unspecified atom stereocenters. The van der Waals surface area contributed by atoms with Gasteiger partial charge < -0.3 is 4.90 Å². The van der Waals surface area contributed by atoms with Crippen molar-refractivity contribution in [3.63, 3.8) is 0 Å². The molecule has 0 bridgehead atoms. The molecule has 2 heterocycles. The van der Waals surface area contributed by atoms with Crippen molar-refractivity contribution in [3.05, 3.63) is 41.5 Å². The number of nitrogens with zero attached hydrogens (tertiary/aromatic N) is 6. The molecule has 130 valence electrons. The van der Waals surface area contributed by atoms with Crippen molar-refractivity contribution in [2.24, 2.45) is 0 Å². The van der Waals surface area contributed by atoms with E-state index in [2.05, 4.69) is 53.1 Å². The first kappa shape index (κ1) is 17.0. The fourth-order valence-corrected chi connectivity index (χ4v) is 3.09. The Morgan fingerprint density at radius 2 is 1.67 bits per heavy atom. The Labute approximate surface area is 142 Å². The Balaban J connectivity index is 2.02. The molecule has 24 heavy (non-hydrogen) atoms. The van der Waals surface area contributed by atoms with E-state index in [1.165, 1.54) is 12.1 Å². The largest absolute Gasteiger partial charge is 0.304 e. The number of tetrazole rings is 1. The van der Waals surface area contributed by atoms with Gasteiger partial charge in [0, 0.05) is 26.2 Å². The quantitative estimate of drug-likeness (QED) is 0.859. The zero-order valence-electron chi connectivity index (χ0n) is 14.8. The van der Waals surface area contributed by atoms with Crippen molar-refractivity contribution in [1.82, 2.24) is 30.0 Å². The molecule has 3 rings (SSSR count). The smallest absolute Gasteiger partial charge is 0.173 e. The first-order valence-corrected chi connectivity index (χ1v) is 8.33. The van der Waals surface area contributed by atoms with Gasteiger partial charge in [-0.05, 0) is 55.9 Å². The molecule has 0 radical (unpaired) electrons. The summed E-state index contributed by atoms with van der Waals surface area (Å²) in [5, 5.41) is 12.4. The second-order valence-corrected chi connectivity index (χ2v) is 7.41. The van der Waals surface area contributed by atoms with E-state index in [9.17, 15) is 4.39 Å². The van der Waals surface area contributed by atoms with Crippen LogP contribution < -0.4 is 0 Å². The molecule has 6 nitrogen and oxygen atoms in total. The van der Waals surface area contributed by atoms with Gasteiger partial charge in [-0.25, -0.2) is 9.07 Å². The van der Waals surface area contributed by atoms with Gasteiger partial charge in [-0.3, -0.25) is 4.90 Å². The van der Waals surface area contributed by atoms with Crippen LogP contribution in [0.2, 0.25) is 0 Å². The summed E-state index contributed by atoms with van der Waals surface area (Å²) < 4.78 is 15.3. The van der Waals surface area contributed by atoms with Crippen molar-refractivity contribution in [2.75, 3.05) is 33.2 Å². The zero-order chi connectivity index (χ0) is 17.3. The van der Waals surface area contributed by atoms with E-state index in [4.69, 9.17) is 0 Å². The minimum Gasteiger partial charge on any atom is -0.304 e. The van der Waals surface area contributed by atoms with Crippen LogP contribution in [0.15, 0.2) is 24.3 Å². The molecule has 0 aliphatic carbocycles. The van der Waals surface area contributed by atoms with Crippen LogP contribution in [0.5, 0.6) is 0 Å². The van der Waals surface area contributed by atoms with E-state index >= 15 is 0 Å².